The number of amides is 1. The summed E-state index contributed by atoms with van der Waals surface area (Å²) in [5, 5.41) is 12.4. The minimum absolute atomic E-state index is 0.00262. The molecular weight excluding hydrogens is 359 g/mol. The highest BCUT2D eigenvalue weighted by Gasteiger charge is 2.25. The maximum Gasteiger partial charge on any atom is 0.331 e. The van der Waals surface area contributed by atoms with Crippen molar-refractivity contribution in [3.63, 3.8) is 0 Å². The van der Waals surface area contributed by atoms with E-state index < -0.39 is 23.7 Å². The molecule has 5 nitrogen and oxygen atoms in total. The maximum atomic E-state index is 13.9. The second-order valence-electron chi connectivity index (χ2n) is 5.79. The molecule has 0 spiro atoms. The number of rotatable bonds is 8. The molecule has 0 saturated heterocycles. The third-order valence-electron chi connectivity index (χ3n) is 3.90. The van der Waals surface area contributed by atoms with Gasteiger partial charge in [-0.25, -0.2) is 9.18 Å². The number of nitrogens with zero attached hydrogens (tertiary/aromatic N) is 1. The Hall–Kier alpha value is -2.44. The first kappa shape index (κ1) is 19.9. The van der Waals surface area contributed by atoms with Crippen LogP contribution in [0.2, 0.25) is 5.02 Å². The molecule has 2 aromatic rings. The van der Waals surface area contributed by atoms with E-state index >= 15 is 0 Å². The monoisotopic (exact) mass is 378 g/mol. The van der Waals surface area contributed by atoms with Crippen LogP contribution in [-0.2, 0) is 16.1 Å². The molecular formula is C19H20ClFN2O3. The van der Waals surface area contributed by atoms with Gasteiger partial charge in [-0.1, -0.05) is 48.9 Å². The highest BCUT2D eigenvalue weighted by atomic mass is 35.5. The van der Waals surface area contributed by atoms with Crippen LogP contribution >= 0.6 is 11.6 Å². The predicted molar refractivity (Wildman–Crippen MR) is 97.3 cm³/mol. The number of carboxylic acids is 1. The average molecular weight is 379 g/mol. The molecule has 2 rings (SSSR count). The third-order valence-corrected chi connectivity index (χ3v) is 4.15. The van der Waals surface area contributed by atoms with E-state index in [0.29, 0.717) is 18.1 Å². The van der Waals surface area contributed by atoms with Crippen molar-refractivity contribution >= 4 is 23.5 Å². The zero-order valence-electron chi connectivity index (χ0n) is 14.3. The Kier molecular flexibility index (Phi) is 7.12. The molecule has 2 aromatic carbocycles. The van der Waals surface area contributed by atoms with Crippen LogP contribution in [-0.4, -0.2) is 35.0 Å². The third kappa shape index (κ3) is 5.54. The molecule has 26 heavy (non-hydrogen) atoms. The van der Waals surface area contributed by atoms with Gasteiger partial charge in [0.05, 0.1) is 6.54 Å². The highest BCUT2D eigenvalue weighted by molar-refractivity contribution is 6.30. The first-order valence-electron chi connectivity index (χ1n) is 8.14. The molecule has 7 heteroatoms. The van der Waals surface area contributed by atoms with Crippen molar-refractivity contribution in [3.05, 3.63) is 70.5 Å². The van der Waals surface area contributed by atoms with Crippen LogP contribution in [0.15, 0.2) is 48.5 Å². The van der Waals surface area contributed by atoms with Crippen molar-refractivity contribution in [1.29, 1.82) is 0 Å². The Morgan fingerprint density at radius 1 is 1.19 bits per heavy atom. The zero-order chi connectivity index (χ0) is 19.1. The number of halogens is 2. The second kappa shape index (κ2) is 9.31. The molecule has 1 amide bonds. The van der Waals surface area contributed by atoms with E-state index in [4.69, 9.17) is 11.6 Å². The van der Waals surface area contributed by atoms with Gasteiger partial charge < -0.3 is 10.4 Å². The predicted octanol–water partition coefficient (Wildman–Crippen LogP) is 3.24. The van der Waals surface area contributed by atoms with E-state index in [-0.39, 0.29) is 12.1 Å². The fourth-order valence-electron chi connectivity index (χ4n) is 2.52. The molecule has 0 aliphatic carbocycles. The van der Waals surface area contributed by atoms with E-state index in [1.54, 1.807) is 12.1 Å². The van der Waals surface area contributed by atoms with Gasteiger partial charge >= 0.3 is 5.97 Å². The number of aliphatic carboxylic acids is 1. The number of carboxylic acid groups (broad SMARTS) is 1. The smallest absolute Gasteiger partial charge is 0.331 e. The normalized spacial score (nSPS) is 12.0. The van der Waals surface area contributed by atoms with Crippen LogP contribution in [0, 0.1) is 5.82 Å². The lowest BCUT2D eigenvalue weighted by Crippen LogP contribution is -2.41. The molecule has 0 aliphatic rings. The molecule has 0 radical (unpaired) electrons. The number of hydrogen-bond donors (Lipinski definition) is 2. The lowest BCUT2D eigenvalue weighted by Gasteiger charge is -2.22. The van der Waals surface area contributed by atoms with Crippen LogP contribution < -0.4 is 5.32 Å². The topological polar surface area (TPSA) is 69.6 Å². The van der Waals surface area contributed by atoms with E-state index in [0.717, 1.165) is 11.6 Å². The summed E-state index contributed by atoms with van der Waals surface area (Å²) >= 11 is 5.86. The molecule has 0 saturated carbocycles. The van der Waals surface area contributed by atoms with Crippen molar-refractivity contribution < 1.29 is 19.1 Å². The van der Waals surface area contributed by atoms with Gasteiger partial charge in [-0.05, 0) is 30.3 Å². The van der Waals surface area contributed by atoms with Crippen LogP contribution in [0.4, 0.5) is 4.39 Å². The number of hydrogen-bond acceptors (Lipinski definition) is 3. The maximum absolute atomic E-state index is 13.9. The summed E-state index contributed by atoms with van der Waals surface area (Å²) in [5.41, 5.74) is 0.905. The summed E-state index contributed by atoms with van der Waals surface area (Å²) < 4.78 is 13.9. The van der Waals surface area contributed by atoms with Gasteiger partial charge in [0, 0.05) is 17.1 Å². The summed E-state index contributed by atoms with van der Waals surface area (Å²) in [5.74, 6) is -2.48. The molecule has 0 aliphatic heterocycles. The van der Waals surface area contributed by atoms with Gasteiger partial charge in [-0.2, -0.15) is 0 Å². The van der Waals surface area contributed by atoms with Crippen molar-refractivity contribution in [3.8, 4) is 0 Å². The highest BCUT2D eigenvalue weighted by Crippen LogP contribution is 2.17. The molecule has 2 N–H and O–H groups in total. The van der Waals surface area contributed by atoms with Gasteiger partial charge in [-0.15, -0.1) is 0 Å². The summed E-state index contributed by atoms with van der Waals surface area (Å²) in [4.78, 5) is 25.6. The Bertz CT molecular complexity index is 768. The van der Waals surface area contributed by atoms with E-state index in [2.05, 4.69) is 5.32 Å². The SMILES string of the molecule is CCN(CC(=O)NC(C(=O)O)c1ccccc1F)Cc1ccc(Cl)cc1. The zero-order valence-corrected chi connectivity index (χ0v) is 15.0. The van der Waals surface area contributed by atoms with E-state index in [1.165, 1.54) is 18.2 Å². The number of carbonyl (C=O) groups excluding carboxylic acids is 1. The largest absolute Gasteiger partial charge is 0.479 e. The van der Waals surface area contributed by atoms with E-state index in [9.17, 15) is 19.1 Å². The van der Waals surface area contributed by atoms with Gasteiger partial charge in [0.25, 0.3) is 0 Å². The van der Waals surface area contributed by atoms with Crippen LogP contribution in [0.3, 0.4) is 0 Å². The molecule has 1 unspecified atom stereocenters. The Morgan fingerprint density at radius 2 is 1.85 bits per heavy atom. The van der Waals surface area contributed by atoms with Crippen molar-refractivity contribution in [1.82, 2.24) is 10.2 Å². The lowest BCUT2D eigenvalue weighted by molar-refractivity contribution is -0.142. The number of nitrogens with one attached hydrogen (secondary N) is 1. The molecule has 0 heterocycles. The summed E-state index contributed by atoms with van der Waals surface area (Å²) in [6, 6.07) is 11.3. The Morgan fingerprint density at radius 3 is 2.42 bits per heavy atom. The molecule has 0 aromatic heterocycles. The van der Waals surface area contributed by atoms with Gasteiger partial charge in [0.15, 0.2) is 6.04 Å². The standard InChI is InChI=1S/C19H20ClFN2O3/c1-2-23(11-13-7-9-14(20)10-8-13)12-17(24)22-18(19(25)26)15-5-3-4-6-16(15)21/h3-10,18H,2,11-12H2,1H3,(H,22,24)(H,25,26). The minimum atomic E-state index is -1.43. The summed E-state index contributed by atoms with van der Waals surface area (Å²) in [6.45, 7) is 3.00. The van der Waals surface area contributed by atoms with Crippen LogP contribution in [0.25, 0.3) is 0 Å². The van der Waals surface area contributed by atoms with Crippen LogP contribution in [0.1, 0.15) is 24.1 Å². The summed E-state index contributed by atoms with van der Waals surface area (Å²) in [7, 11) is 0. The Balaban J connectivity index is 2.03. The first-order valence-corrected chi connectivity index (χ1v) is 8.52. The van der Waals surface area contributed by atoms with Gasteiger partial charge in [0.2, 0.25) is 5.91 Å². The number of benzene rings is 2. The van der Waals surface area contributed by atoms with Crippen molar-refractivity contribution in [2.24, 2.45) is 0 Å². The fraction of sp³-hybridized carbons (Fsp3) is 0.263. The molecule has 138 valence electrons. The molecule has 0 bridgehead atoms. The summed E-state index contributed by atoms with van der Waals surface area (Å²) in [6.07, 6.45) is 0. The lowest BCUT2D eigenvalue weighted by atomic mass is 10.1. The quantitative estimate of drug-likeness (QED) is 0.739. The van der Waals surface area contributed by atoms with Crippen molar-refractivity contribution in [2.75, 3.05) is 13.1 Å². The van der Waals surface area contributed by atoms with E-state index in [1.807, 2.05) is 24.0 Å². The molecule has 1 atom stereocenters. The minimum Gasteiger partial charge on any atom is -0.479 e. The molecule has 0 fully saturated rings. The second-order valence-corrected chi connectivity index (χ2v) is 6.23. The van der Waals surface area contributed by atoms with Crippen molar-refractivity contribution in [2.45, 2.75) is 19.5 Å². The van der Waals surface area contributed by atoms with Gasteiger partial charge in [0.1, 0.15) is 5.82 Å². The average Bonchev–Trinajstić information content (AvgIpc) is 2.61. The fourth-order valence-corrected chi connectivity index (χ4v) is 2.64. The number of likely N-dealkylation sites (N-methyl/N-ethyl adjacent to an activating group) is 1. The first-order chi connectivity index (χ1) is 12.4. The van der Waals surface area contributed by atoms with Gasteiger partial charge in [-0.3, -0.25) is 9.69 Å². The van der Waals surface area contributed by atoms with Crippen LogP contribution in [0.5, 0.6) is 0 Å². The number of carbonyl (C=O) groups is 2. The Labute approximate surface area is 156 Å².